The summed E-state index contributed by atoms with van der Waals surface area (Å²) in [6, 6.07) is 2.67. The van der Waals surface area contributed by atoms with Gasteiger partial charge in [-0.2, -0.15) is 0 Å². The Balaban J connectivity index is 2.89. The number of carbonyl (C=O) groups is 2. The number of benzene rings is 1. The molecule has 1 atom stereocenters. The van der Waals surface area contributed by atoms with Crippen LogP contribution in [0.3, 0.4) is 0 Å². The second kappa shape index (κ2) is 13.0. The molecular formula is C20H29ClFNO3S. The molecule has 1 rings (SSSR count). The molecule has 0 aliphatic rings. The maximum Gasteiger partial charge on any atom is 0.319 e. The molecule has 0 heterocycles. The minimum atomic E-state index is -0.589. The van der Waals surface area contributed by atoms with Crippen molar-refractivity contribution in [2.75, 3.05) is 11.9 Å². The van der Waals surface area contributed by atoms with Gasteiger partial charge in [0, 0.05) is 11.3 Å². The third-order valence-corrected chi connectivity index (χ3v) is 5.56. The van der Waals surface area contributed by atoms with Gasteiger partial charge in [0.25, 0.3) is 0 Å². The van der Waals surface area contributed by atoms with Gasteiger partial charge in [0.05, 0.1) is 17.3 Å². The Kier molecular flexibility index (Phi) is 11.4. The van der Waals surface area contributed by atoms with E-state index in [1.54, 1.807) is 0 Å². The normalized spacial score (nSPS) is 11.9. The zero-order chi connectivity index (χ0) is 20.2. The van der Waals surface area contributed by atoms with Crippen molar-refractivity contribution in [2.45, 2.75) is 75.9 Å². The number of thioether (sulfide) groups is 1. The Morgan fingerprint density at radius 1 is 1.19 bits per heavy atom. The summed E-state index contributed by atoms with van der Waals surface area (Å²) in [4.78, 5) is 24.8. The number of nitrogens with one attached hydrogen (secondary N) is 1. The van der Waals surface area contributed by atoms with Crippen LogP contribution in [0.2, 0.25) is 5.02 Å². The second-order valence-corrected chi connectivity index (χ2v) is 7.98. The molecule has 0 radical (unpaired) electrons. The highest BCUT2D eigenvalue weighted by molar-refractivity contribution is 8.00. The van der Waals surface area contributed by atoms with Crippen LogP contribution in [0.15, 0.2) is 17.0 Å². The van der Waals surface area contributed by atoms with Crippen LogP contribution in [0.4, 0.5) is 10.1 Å². The Bertz CT molecular complexity index is 627. The fourth-order valence-electron chi connectivity index (χ4n) is 2.40. The lowest BCUT2D eigenvalue weighted by Crippen LogP contribution is -2.20. The molecular weight excluding hydrogens is 389 g/mol. The van der Waals surface area contributed by atoms with Gasteiger partial charge in [-0.1, -0.05) is 51.6 Å². The fraction of sp³-hybridized carbons (Fsp3) is 0.600. The van der Waals surface area contributed by atoms with Gasteiger partial charge in [-0.25, -0.2) is 4.39 Å². The number of anilines is 1. The molecule has 7 heteroatoms. The van der Waals surface area contributed by atoms with Crippen LogP contribution in [0.1, 0.15) is 65.7 Å². The van der Waals surface area contributed by atoms with Crippen molar-refractivity contribution in [2.24, 2.45) is 0 Å². The van der Waals surface area contributed by atoms with Crippen molar-refractivity contribution < 1.29 is 18.7 Å². The van der Waals surface area contributed by atoms with E-state index in [1.165, 1.54) is 23.9 Å². The third kappa shape index (κ3) is 8.52. The molecule has 0 aromatic heterocycles. The van der Waals surface area contributed by atoms with Crippen LogP contribution >= 0.6 is 23.4 Å². The maximum atomic E-state index is 14.2. The van der Waals surface area contributed by atoms with Crippen LogP contribution < -0.4 is 5.32 Å². The second-order valence-electron chi connectivity index (χ2n) is 6.33. The summed E-state index contributed by atoms with van der Waals surface area (Å²) < 4.78 is 19.4. The topological polar surface area (TPSA) is 55.4 Å². The first-order chi connectivity index (χ1) is 12.9. The summed E-state index contributed by atoms with van der Waals surface area (Å²) in [5.41, 5.74) is 0.0839. The summed E-state index contributed by atoms with van der Waals surface area (Å²) in [5, 5.41) is 2.40. The van der Waals surface area contributed by atoms with Crippen LogP contribution in [0.5, 0.6) is 0 Å². The zero-order valence-corrected chi connectivity index (χ0v) is 17.9. The molecule has 1 aromatic rings. The van der Waals surface area contributed by atoms with E-state index in [2.05, 4.69) is 12.2 Å². The van der Waals surface area contributed by atoms with Crippen molar-refractivity contribution in [3.8, 4) is 0 Å². The molecule has 1 aromatic carbocycles. The van der Waals surface area contributed by atoms with Gasteiger partial charge in [-0.15, -0.1) is 11.8 Å². The summed E-state index contributed by atoms with van der Waals surface area (Å²) in [6.45, 7) is 6.34. The van der Waals surface area contributed by atoms with Crippen LogP contribution in [0, 0.1) is 5.82 Å². The minimum Gasteiger partial charge on any atom is -0.465 e. The first-order valence-electron chi connectivity index (χ1n) is 9.55. The number of halogens is 2. The lowest BCUT2D eigenvalue weighted by molar-refractivity contribution is -0.143. The molecule has 0 saturated carbocycles. The van der Waals surface area contributed by atoms with E-state index < -0.39 is 11.1 Å². The monoisotopic (exact) mass is 417 g/mol. The summed E-state index contributed by atoms with van der Waals surface area (Å²) in [5.74, 6) is -1.11. The van der Waals surface area contributed by atoms with E-state index in [-0.39, 0.29) is 22.6 Å². The van der Waals surface area contributed by atoms with Crippen molar-refractivity contribution in [3.63, 3.8) is 0 Å². The average molecular weight is 418 g/mol. The third-order valence-electron chi connectivity index (χ3n) is 3.83. The molecule has 1 N–H and O–H groups in total. The van der Waals surface area contributed by atoms with Crippen molar-refractivity contribution >= 4 is 40.9 Å². The number of carbonyl (C=O) groups excluding carboxylic acids is 2. The number of unbranched alkanes of at least 4 members (excludes halogenated alkanes) is 2. The lowest BCUT2D eigenvalue weighted by atomic mass is 10.2. The van der Waals surface area contributed by atoms with Gasteiger partial charge in [0.2, 0.25) is 5.91 Å². The molecule has 0 fully saturated rings. The smallest absolute Gasteiger partial charge is 0.319 e. The van der Waals surface area contributed by atoms with E-state index >= 15 is 0 Å². The SMILES string of the molecule is CCCCCC(=O)Nc1cc(SC(CCC)C(=O)OCCC)c(Cl)cc1F. The molecule has 0 aliphatic carbocycles. The van der Waals surface area contributed by atoms with Gasteiger partial charge in [-0.05, 0) is 31.4 Å². The number of ether oxygens (including phenoxy) is 1. The molecule has 0 saturated heterocycles. The first kappa shape index (κ1) is 23.8. The number of rotatable bonds is 12. The predicted octanol–water partition coefficient (Wildman–Crippen LogP) is 6.21. The molecule has 4 nitrogen and oxygen atoms in total. The largest absolute Gasteiger partial charge is 0.465 e. The van der Waals surface area contributed by atoms with Gasteiger partial charge < -0.3 is 10.1 Å². The number of amides is 1. The minimum absolute atomic E-state index is 0.0839. The molecule has 0 bridgehead atoms. The average Bonchev–Trinajstić information content (AvgIpc) is 2.63. The molecule has 27 heavy (non-hydrogen) atoms. The summed E-state index contributed by atoms with van der Waals surface area (Å²) in [7, 11) is 0. The molecule has 0 aliphatic heterocycles. The number of hydrogen-bond acceptors (Lipinski definition) is 4. The van der Waals surface area contributed by atoms with E-state index in [1.807, 2.05) is 13.8 Å². The summed E-state index contributed by atoms with van der Waals surface area (Å²) >= 11 is 7.41. The zero-order valence-electron chi connectivity index (χ0n) is 16.3. The molecule has 1 unspecified atom stereocenters. The van der Waals surface area contributed by atoms with Gasteiger partial charge in [0.15, 0.2) is 0 Å². The Morgan fingerprint density at radius 2 is 1.93 bits per heavy atom. The number of hydrogen-bond donors (Lipinski definition) is 1. The predicted molar refractivity (Wildman–Crippen MR) is 110 cm³/mol. The van der Waals surface area contributed by atoms with Gasteiger partial charge in [-0.3, -0.25) is 9.59 Å². The molecule has 0 spiro atoms. The standard InChI is InChI=1S/C20H29ClFNO3S/c1-4-7-8-10-19(24)23-16-13-18(14(21)12-15(16)22)27-17(9-5-2)20(25)26-11-6-3/h12-13,17H,4-11H2,1-3H3,(H,23,24). The van der Waals surface area contributed by atoms with Crippen LogP contribution in [0.25, 0.3) is 0 Å². The van der Waals surface area contributed by atoms with E-state index in [0.29, 0.717) is 24.3 Å². The highest BCUT2D eigenvalue weighted by Gasteiger charge is 2.23. The van der Waals surface area contributed by atoms with E-state index in [4.69, 9.17) is 16.3 Å². The maximum absolute atomic E-state index is 14.2. The Labute approximate surface area is 170 Å². The highest BCUT2D eigenvalue weighted by atomic mass is 35.5. The van der Waals surface area contributed by atoms with E-state index in [9.17, 15) is 14.0 Å². The van der Waals surface area contributed by atoms with E-state index in [0.717, 1.165) is 32.1 Å². The lowest BCUT2D eigenvalue weighted by Gasteiger charge is -2.17. The fourth-order valence-corrected chi connectivity index (χ4v) is 3.87. The Hall–Kier alpha value is -1.27. The van der Waals surface area contributed by atoms with Crippen LogP contribution in [-0.2, 0) is 14.3 Å². The Morgan fingerprint density at radius 3 is 2.56 bits per heavy atom. The van der Waals surface area contributed by atoms with Gasteiger partial charge >= 0.3 is 5.97 Å². The van der Waals surface area contributed by atoms with Crippen molar-refractivity contribution in [1.29, 1.82) is 0 Å². The van der Waals surface area contributed by atoms with Crippen molar-refractivity contribution in [1.82, 2.24) is 0 Å². The number of esters is 1. The molecule has 152 valence electrons. The summed E-state index contributed by atoms with van der Waals surface area (Å²) in [6.07, 6.45) is 5.26. The van der Waals surface area contributed by atoms with Crippen LogP contribution in [-0.4, -0.2) is 23.7 Å². The highest BCUT2D eigenvalue weighted by Crippen LogP contribution is 2.36. The van der Waals surface area contributed by atoms with Gasteiger partial charge in [0.1, 0.15) is 11.1 Å². The molecule has 1 amide bonds. The quantitative estimate of drug-likeness (QED) is 0.249. The first-order valence-corrected chi connectivity index (χ1v) is 10.8. The van der Waals surface area contributed by atoms with Crippen molar-refractivity contribution in [3.05, 3.63) is 23.0 Å².